The number of anilines is 1. The summed E-state index contributed by atoms with van der Waals surface area (Å²) < 4.78 is 1.14. The minimum Gasteiger partial charge on any atom is -0.317 e. The molecule has 2 aromatic rings. The number of hydrogen-bond acceptors (Lipinski definition) is 4. The molecule has 118 valence electrons. The van der Waals surface area contributed by atoms with Gasteiger partial charge in [0, 0.05) is 5.92 Å². The van der Waals surface area contributed by atoms with Gasteiger partial charge in [0.2, 0.25) is 5.91 Å². The largest absolute Gasteiger partial charge is 0.317 e. The SMILES string of the molecule is Cc1cccc2sc(NC(=O)C3CC34CCNCC4)nc12.Cl. The molecule has 1 aliphatic carbocycles. The number of thiazole rings is 1. The van der Waals surface area contributed by atoms with E-state index >= 15 is 0 Å². The zero-order valence-corrected chi connectivity index (χ0v) is 14.1. The van der Waals surface area contributed by atoms with Crippen molar-refractivity contribution < 1.29 is 4.79 Å². The van der Waals surface area contributed by atoms with Gasteiger partial charge in [0.1, 0.15) is 0 Å². The molecule has 6 heteroatoms. The number of halogens is 1. The lowest BCUT2D eigenvalue weighted by atomic mass is 9.92. The van der Waals surface area contributed by atoms with Gasteiger partial charge in [-0.25, -0.2) is 4.98 Å². The van der Waals surface area contributed by atoms with Crippen LogP contribution in [0.1, 0.15) is 24.8 Å². The minimum absolute atomic E-state index is 0. The van der Waals surface area contributed by atoms with Crippen LogP contribution in [0.25, 0.3) is 10.2 Å². The van der Waals surface area contributed by atoms with Crippen molar-refractivity contribution >= 4 is 45.0 Å². The van der Waals surface area contributed by atoms with Crippen LogP contribution < -0.4 is 10.6 Å². The number of nitrogens with zero attached hydrogens (tertiary/aromatic N) is 1. The number of piperidine rings is 1. The number of carbonyl (C=O) groups is 1. The standard InChI is InChI=1S/C16H19N3OS.ClH/c1-10-3-2-4-12-13(10)18-15(21-12)19-14(20)11-9-16(11)5-7-17-8-6-16;/h2-4,11,17H,5-9H2,1H3,(H,18,19,20);1H. The van der Waals surface area contributed by atoms with Crippen molar-refractivity contribution in [2.45, 2.75) is 26.2 Å². The van der Waals surface area contributed by atoms with Crippen molar-refractivity contribution in [3.8, 4) is 0 Å². The molecule has 1 saturated heterocycles. The summed E-state index contributed by atoms with van der Waals surface area (Å²) in [6.07, 6.45) is 3.30. The van der Waals surface area contributed by atoms with Gasteiger partial charge >= 0.3 is 0 Å². The van der Waals surface area contributed by atoms with E-state index in [1.165, 1.54) is 0 Å². The van der Waals surface area contributed by atoms with Crippen molar-refractivity contribution in [1.82, 2.24) is 10.3 Å². The Hall–Kier alpha value is -1.17. The van der Waals surface area contributed by atoms with Gasteiger partial charge < -0.3 is 10.6 Å². The average molecular weight is 338 g/mol. The first-order valence-electron chi connectivity index (χ1n) is 7.56. The van der Waals surface area contributed by atoms with Crippen molar-refractivity contribution in [1.29, 1.82) is 0 Å². The molecule has 22 heavy (non-hydrogen) atoms. The number of benzene rings is 1. The number of aryl methyl sites for hydroxylation is 1. The number of aromatic nitrogens is 1. The topological polar surface area (TPSA) is 54.0 Å². The Kier molecular flexibility index (Phi) is 4.14. The molecule has 0 radical (unpaired) electrons. The van der Waals surface area contributed by atoms with Crippen LogP contribution in [0.4, 0.5) is 5.13 Å². The molecule has 1 aliphatic heterocycles. The van der Waals surface area contributed by atoms with E-state index in [2.05, 4.69) is 34.7 Å². The van der Waals surface area contributed by atoms with Crippen LogP contribution in [-0.2, 0) is 4.79 Å². The highest BCUT2D eigenvalue weighted by molar-refractivity contribution is 7.22. The Morgan fingerprint density at radius 1 is 1.41 bits per heavy atom. The Balaban J connectivity index is 0.00000144. The summed E-state index contributed by atoms with van der Waals surface area (Å²) in [4.78, 5) is 17.0. The highest BCUT2D eigenvalue weighted by atomic mass is 35.5. The maximum absolute atomic E-state index is 12.4. The number of hydrogen-bond donors (Lipinski definition) is 2. The van der Waals surface area contributed by atoms with E-state index in [0.717, 1.165) is 53.3 Å². The van der Waals surface area contributed by atoms with Gasteiger partial charge in [-0.2, -0.15) is 0 Å². The third-order valence-electron chi connectivity index (χ3n) is 4.96. The summed E-state index contributed by atoms with van der Waals surface area (Å²) in [7, 11) is 0. The van der Waals surface area contributed by atoms with Gasteiger partial charge in [-0.05, 0) is 56.3 Å². The van der Waals surface area contributed by atoms with Crippen molar-refractivity contribution in [3.63, 3.8) is 0 Å². The van der Waals surface area contributed by atoms with Crippen molar-refractivity contribution in [3.05, 3.63) is 23.8 Å². The van der Waals surface area contributed by atoms with Gasteiger partial charge in [0.15, 0.2) is 5.13 Å². The molecular weight excluding hydrogens is 318 g/mol. The molecular formula is C16H20ClN3OS. The Morgan fingerprint density at radius 2 is 2.18 bits per heavy atom. The van der Waals surface area contributed by atoms with E-state index in [1.54, 1.807) is 11.3 Å². The first kappa shape index (κ1) is 15.7. The monoisotopic (exact) mass is 337 g/mol. The predicted octanol–water partition coefficient (Wildman–Crippen LogP) is 3.35. The lowest BCUT2D eigenvalue weighted by Gasteiger charge is -2.22. The maximum Gasteiger partial charge on any atom is 0.229 e. The Morgan fingerprint density at radius 3 is 2.91 bits per heavy atom. The molecule has 1 saturated carbocycles. The smallest absolute Gasteiger partial charge is 0.229 e. The molecule has 2 heterocycles. The van der Waals surface area contributed by atoms with Gasteiger partial charge in [0.25, 0.3) is 0 Å². The second-order valence-electron chi connectivity index (χ2n) is 6.30. The molecule has 1 aromatic heterocycles. The van der Waals surface area contributed by atoms with Gasteiger partial charge in [-0.3, -0.25) is 4.79 Å². The average Bonchev–Trinajstić information content (AvgIpc) is 2.99. The second kappa shape index (κ2) is 5.80. The summed E-state index contributed by atoms with van der Waals surface area (Å²) in [5.41, 5.74) is 2.44. The van der Waals surface area contributed by atoms with Gasteiger partial charge in [0.05, 0.1) is 10.2 Å². The molecule has 1 amide bonds. The van der Waals surface area contributed by atoms with E-state index in [4.69, 9.17) is 0 Å². The van der Waals surface area contributed by atoms with E-state index in [1.807, 2.05) is 6.07 Å². The van der Waals surface area contributed by atoms with E-state index in [0.29, 0.717) is 0 Å². The van der Waals surface area contributed by atoms with Crippen LogP contribution in [0.2, 0.25) is 0 Å². The number of fused-ring (bicyclic) bond motifs is 1. The van der Waals surface area contributed by atoms with Crippen LogP contribution in [0.5, 0.6) is 0 Å². The Labute approximate surface area is 140 Å². The summed E-state index contributed by atoms with van der Waals surface area (Å²) in [6, 6.07) is 6.14. The van der Waals surface area contributed by atoms with E-state index in [9.17, 15) is 4.79 Å². The third-order valence-corrected chi connectivity index (χ3v) is 5.89. The maximum atomic E-state index is 12.4. The van der Waals surface area contributed by atoms with E-state index in [-0.39, 0.29) is 29.6 Å². The van der Waals surface area contributed by atoms with Crippen molar-refractivity contribution in [2.75, 3.05) is 18.4 Å². The molecule has 0 bridgehead atoms. The molecule has 4 nitrogen and oxygen atoms in total. The van der Waals surface area contributed by atoms with Crippen LogP contribution >= 0.6 is 23.7 Å². The molecule has 1 aromatic carbocycles. The zero-order chi connectivity index (χ0) is 14.4. The fourth-order valence-electron chi connectivity index (χ4n) is 3.53. The fourth-order valence-corrected chi connectivity index (χ4v) is 4.47. The molecule has 1 unspecified atom stereocenters. The van der Waals surface area contributed by atoms with Gasteiger partial charge in [-0.15, -0.1) is 12.4 Å². The highest BCUT2D eigenvalue weighted by Crippen LogP contribution is 2.58. The fraction of sp³-hybridized carbons (Fsp3) is 0.500. The highest BCUT2D eigenvalue weighted by Gasteiger charge is 2.57. The second-order valence-corrected chi connectivity index (χ2v) is 7.33. The first-order chi connectivity index (χ1) is 10.2. The van der Waals surface area contributed by atoms with E-state index < -0.39 is 0 Å². The normalized spacial score (nSPS) is 22.3. The number of nitrogens with one attached hydrogen (secondary N) is 2. The van der Waals surface area contributed by atoms with Gasteiger partial charge in [-0.1, -0.05) is 23.5 Å². The van der Waals surface area contributed by atoms with Crippen molar-refractivity contribution in [2.24, 2.45) is 11.3 Å². The van der Waals surface area contributed by atoms with Crippen LogP contribution in [0.15, 0.2) is 18.2 Å². The lowest BCUT2D eigenvalue weighted by Crippen LogP contribution is -2.31. The molecule has 2 aliphatic rings. The Bertz CT molecular complexity index is 708. The van der Waals surface area contributed by atoms with Crippen LogP contribution in [-0.4, -0.2) is 24.0 Å². The molecule has 2 fully saturated rings. The summed E-state index contributed by atoms with van der Waals surface area (Å²) in [5, 5.41) is 7.15. The lowest BCUT2D eigenvalue weighted by molar-refractivity contribution is -0.118. The number of para-hydroxylation sites is 1. The molecule has 1 spiro atoms. The van der Waals surface area contributed by atoms with Crippen LogP contribution in [0.3, 0.4) is 0 Å². The third kappa shape index (κ3) is 2.62. The minimum atomic E-state index is 0. The van der Waals surface area contributed by atoms with Crippen LogP contribution in [0, 0.1) is 18.3 Å². The molecule has 4 rings (SSSR count). The molecule has 1 atom stereocenters. The summed E-state index contributed by atoms with van der Waals surface area (Å²) in [6.45, 7) is 4.15. The molecule has 2 N–H and O–H groups in total. The summed E-state index contributed by atoms with van der Waals surface area (Å²) >= 11 is 1.56. The zero-order valence-electron chi connectivity index (χ0n) is 12.5. The number of rotatable bonds is 2. The quantitative estimate of drug-likeness (QED) is 0.883. The predicted molar refractivity (Wildman–Crippen MR) is 92.9 cm³/mol. The number of amides is 1. The first-order valence-corrected chi connectivity index (χ1v) is 8.37. The summed E-state index contributed by atoms with van der Waals surface area (Å²) in [5.74, 6) is 0.348. The number of carbonyl (C=O) groups excluding carboxylic acids is 1.